The van der Waals surface area contributed by atoms with Gasteiger partial charge in [0, 0.05) is 31.2 Å². The number of aldehydes is 1. The fourth-order valence-corrected chi connectivity index (χ4v) is 6.37. The average Bonchev–Trinajstić information content (AvgIpc) is 4.00. The number of aryl methyl sites for hydroxylation is 1. The van der Waals surface area contributed by atoms with E-state index in [0.29, 0.717) is 12.8 Å². The lowest BCUT2D eigenvalue weighted by Crippen LogP contribution is -2.67. The molecule has 67 heavy (non-hydrogen) atoms. The second kappa shape index (κ2) is 26.6. The van der Waals surface area contributed by atoms with Crippen LogP contribution in [0.15, 0.2) is 36.8 Å². The lowest BCUT2D eigenvalue weighted by Gasteiger charge is -2.34. The SMILES string of the molecule is C[C@@H](O)[C@H](NC(=O)CNC(=O)[C@H](Cc1nn[nH]n1)NC(=O)CCCCCc1cnc[nH]1)C(=O)N[C@@](C)(Cc1ccccc1F)C(=O)N[C@H](C(=O)N[C@@H](CO)C(=O)NC(C=O)CC(=O)O)[C@@H](C)O. The highest BCUT2D eigenvalue weighted by Gasteiger charge is 2.42. The normalized spacial score (nSPS) is 15.1. The largest absolute Gasteiger partial charge is 0.481 e. The maximum atomic E-state index is 15.0. The molecule has 0 radical (unpaired) electrons. The van der Waals surface area contributed by atoms with Crippen LogP contribution in [0, 0.1) is 5.82 Å². The molecule has 27 heteroatoms. The summed E-state index contributed by atoms with van der Waals surface area (Å²) in [6.45, 7) is 1.41. The Kier molecular flexibility index (Phi) is 21.5. The zero-order valence-corrected chi connectivity index (χ0v) is 36.8. The highest BCUT2D eigenvalue weighted by Crippen LogP contribution is 2.18. The predicted octanol–water partition coefficient (Wildman–Crippen LogP) is -4.51. The van der Waals surface area contributed by atoms with Crippen LogP contribution in [-0.2, 0) is 62.4 Å². The van der Waals surface area contributed by atoms with Crippen LogP contribution in [0.5, 0.6) is 0 Å². The number of carbonyl (C=O) groups excluding carboxylic acids is 8. The van der Waals surface area contributed by atoms with Crippen molar-refractivity contribution in [3.05, 3.63) is 59.7 Å². The summed E-state index contributed by atoms with van der Waals surface area (Å²) >= 11 is 0. The van der Waals surface area contributed by atoms with E-state index in [2.05, 4.69) is 62.5 Å². The first-order chi connectivity index (χ1) is 31.8. The van der Waals surface area contributed by atoms with Crippen LogP contribution in [0.3, 0.4) is 0 Å². The molecule has 3 aromatic rings. The van der Waals surface area contributed by atoms with Crippen LogP contribution in [0.4, 0.5) is 4.39 Å². The lowest BCUT2D eigenvalue weighted by molar-refractivity contribution is -0.140. The van der Waals surface area contributed by atoms with Crippen molar-refractivity contribution in [1.29, 1.82) is 0 Å². The zero-order chi connectivity index (χ0) is 49.7. The first-order valence-corrected chi connectivity index (χ1v) is 20.9. The average molecular weight is 946 g/mol. The van der Waals surface area contributed by atoms with Gasteiger partial charge in [0.25, 0.3) is 0 Å². The first kappa shape index (κ1) is 54.1. The van der Waals surface area contributed by atoms with Crippen LogP contribution >= 0.6 is 0 Å². The topological polar surface area (TPSA) is 402 Å². The van der Waals surface area contributed by atoms with E-state index in [9.17, 15) is 58.5 Å². The molecule has 0 saturated heterocycles. The molecule has 26 nitrogen and oxygen atoms in total. The van der Waals surface area contributed by atoms with Gasteiger partial charge in [-0.1, -0.05) is 29.8 Å². The minimum atomic E-state index is -2.25. The van der Waals surface area contributed by atoms with Crippen LogP contribution in [0.25, 0.3) is 0 Å². The highest BCUT2D eigenvalue weighted by atomic mass is 19.1. The third kappa shape index (κ3) is 17.9. The molecule has 1 aromatic carbocycles. The lowest BCUT2D eigenvalue weighted by atomic mass is 9.90. The standard InChI is InChI=1S/C40H56FN13O13/c1-21(57)33(37(65)47-28(19-56)36(64)45-25(18-55)13-32(61)62)49-39(67)40(3,15-23-9-7-8-11-26(23)41)50-38(66)34(22(2)58)48-31(60)17-43-35(63)27(14-29-51-53-54-52-29)46-30(59)12-6-4-5-10-24-16-42-20-44-24/h7-9,11,16,18,20-22,25,27-28,33-34,56-58H,4-6,10,12-15,17,19H2,1-3H3,(H,42,44)(H,43,63)(H,45,64)(H,46,59)(H,47,65)(H,48,60)(H,49,67)(H,50,66)(H,61,62)(H,51,52,53,54)/t21-,22-,25?,27+,28+,33+,34+,40+/m1/s1. The summed E-state index contributed by atoms with van der Waals surface area (Å²) in [6.07, 6.45) is 1.13. The van der Waals surface area contributed by atoms with Crippen molar-refractivity contribution in [2.75, 3.05) is 13.2 Å². The minimum absolute atomic E-state index is 0.0682. The van der Waals surface area contributed by atoms with Gasteiger partial charge >= 0.3 is 5.97 Å². The Morgan fingerprint density at radius 1 is 0.851 bits per heavy atom. The Bertz CT molecular complexity index is 2140. The molecule has 7 amide bonds. The molecule has 0 fully saturated rings. The predicted molar refractivity (Wildman–Crippen MR) is 227 cm³/mol. The fourth-order valence-electron chi connectivity index (χ4n) is 6.37. The molecule has 0 bridgehead atoms. The molecular formula is C40H56FN13O13. The third-order valence-electron chi connectivity index (χ3n) is 9.99. The van der Waals surface area contributed by atoms with E-state index >= 15 is 4.39 Å². The van der Waals surface area contributed by atoms with Gasteiger partial charge in [-0.2, -0.15) is 5.21 Å². The van der Waals surface area contributed by atoms with E-state index < -0.39 is 127 Å². The summed E-state index contributed by atoms with van der Waals surface area (Å²) in [5.74, 6) is -9.43. The highest BCUT2D eigenvalue weighted by molar-refractivity contribution is 5.98. The number of aliphatic carboxylic acids is 1. The van der Waals surface area contributed by atoms with Crippen LogP contribution in [0.1, 0.15) is 70.0 Å². The number of H-pyrrole nitrogens is 2. The number of tetrazole rings is 1. The number of carboxylic acids is 1. The number of aromatic nitrogens is 6. The number of benzene rings is 1. The number of imidazole rings is 1. The molecule has 0 aliphatic carbocycles. The fraction of sp³-hybridized carbons (Fsp3) is 0.525. The molecule has 0 aliphatic rings. The van der Waals surface area contributed by atoms with Crippen molar-refractivity contribution in [2.24, 2.45) is 0 Å². The van der Waals surface area contributed by atoms with Gasteiger partial charge in [0.05, 0.1) is 44.1 Å². The molecule has 0 aliphatic heterocycles. The summed E-state index contributed by atoms with van der Waals surface area (Å²) in [7, 11) is 0. The number of unbranched alkanes of at least 4 members (excludes halogenated alkanes) is 2. The van der Waals surface area contributed by atoms with E-state index in [1.165, 1.54) is 18.2 Å². The number of aliphatic hydroxyl groups is 3. The molecule has 2 aromatic heterocycles. The molecular weight excluding hydrogens is 890 g/mol. The van der Waals surface area contributed by atoms with Gasteiger partial charge in [-0.3, -0.25) is 38.4 Å². The van der Waals surface area contributed by atoms with Gasteiger partial charge in [-0.25, -0.2) is 9.37 Å². The van der Waals surface area contributed by atoms with Crippen LogP contribution in [-0.4, -0.2) is 166 Å². The number of aliphatic hydroxyl groups excluding tert-OH is 3. The molecule has 0 saturated carbocycles. The second-order valence-corrected chi connectivity index (χ2v) is 15.7. The number of rotatable bonds is 29. The minimum Gasteiger partial charge on any atom is -0.481 e. The van der Waals surface area contributed by atoms with E-state index in [-0.39, 0.29) is 30.5 Å². The summed E-state index contributed by atoms with van der Waals surface area (Å²) in [6, 6.07) is -3.29. The quantitative estimate of drug-likeness (QED) is 0.0230. The number of nitrogens with zero attached hydrogens (tertiary/aromatic N) is 4. The Balaban J connectivity index is 1.73. The molecule has 8 atom stereocenters. The number of aromatic amines is 2. The number of nitrogens with one attached hydrogen (secondary N) is 9. The van der Waals surface area contributed by atoms with Crippen molar-refractivity contribution in [2.45, 2.75) is 120 Å². The molecule has 1 unspecified atom stereocenters. The van der Waals surface area contributed by atoms with Gasteiger partial charge in [0.2, 0.25) is 41.4 Å². The van der Waals surface area contributed by atoms with Crippen molar-refractivity contribution in [3.63, 3.8) is 0 Å². The number of hydrogen-bond donors (Lipinski definition) is 13. The number of carbonyl (C=O) groups is 9. The summed E-state index contributed by atoms with van der Waals surface area (Å²) in [4.78, 5) is 123. The molecule has 13 N–H and O–H groups in total. The zero-order valence-electron chi connectivity index (χ0n) is 36.8. The van der Waals surface area contributed by atoms with E-state index in [1.807, 2.05) is 5.32 Å². The van der Waals surface area contributed by atoms with Crippen molar-refractivity contribution in [1.82, 2.24) is 67.8 Å². The third-order valence-corrected chi connectivity index (χ3v) is 9.99. The first-order valence-electron chi connectivity index (χ1n) is 20.9. The molecule has 0 spiro atoms. The number of carboxylic acid groups (broad SMARTS) is 1. The molecule has 366 valence electrons. The van der Waals surface area contributed by atoms with Gasteiger partial charge in [0.15, 0.2) is 5.82 Å². The Morgan fingerprint density at radius 2 is 1.55 bits per heavy atom. The Labute approximate surface area is 381 Å². The number of halogens is 1. The van der Waals surface area contributed by atoms with E-state index in [1.54, 1.807) is 12.5 Å². The van der Waals surface area contributed by atoms with Gasteiger partial charge in [0.1, 0.15) is 41.8 Å². The van der Waals surface area contributed by atoms with Crippen molar-refractivity contribution >= 4 is 53.6 Å². The van der Waals surface area contributed by atoms with Crippen molar-refractivity contribution < 1.29 is 68.0 Å². The monoisotopic (exact) mass is 945 g/mol. The smallest absolute Gasteiger partial charge is 0.305 e. The van der Waals surface area contributed by atoms with Gasteiger partial charge < -0.3 is 67.4 Å². The molecule has 2 heterocycles. The Morgan fingerprint density at radius 3 is 2.15 bits per heavy atom. The second-order valence-electron chi connectivity index (χ2n) is 15.7. The number of hydrogen-bond acceptors (Lipinski definition) is 16. The Hall–Kier alpha value is -7.26. The maximum Gasteiger partial charge on any atom is 0.305 e. The van der Waals surface area contributed by atoms with E-state index in [0.717, 1.165) is 45.4 Å². The molecule has 3 rings (SSSR count). The summed E-state index contributed by atoms with van der Waals surface area (Å²) in [5.41, 5.74) is -1.43. The maximum absolute atomic E-state index is 15.0. The van der Waals surface area contributed by atoms with Crippen LogP contribution < -0.4 is 37.2 Å². The summed E-state index contributed by atoms with van der Waals surface area (Å²) in [5, 5.41) is 69.1. The summed E-state index contributed by atoms with van der Waals surface area (Å²) < 4.78 is 15.0. The number of amides is 7. The van der Waals surface area contributed by atoms with E-state index in [4.69, 9.17) is 5.11 Å². The van der Waals surface area contributed by atoms with Gasteiger partial charge in [-0.05, 0) is 51.7 Å². The van der Waals surface area contributed by atoms with Crippen LogP contribution in [0.2, 0.25) is 0 Å². The van der Waals surface area contributed by atoms with Crippen molar-refractivity contribution in [3.8, 4) is 0 Å². The van der Waals surface area contributed by atoms with Gasteiger partial charge in [-0.15, -0.1) is 10.2 Å².